The van der Waals surface area contributed by atoms with Crippen molar-refractivity contribution >= 4 is 40.6 Å². The summed E-state index contributed by atoms with van der Waals surface area (Å²) in [5, 5.41) is -0.0274. The van der Waals surface area contributed by atoms with Crippen LogP contribution in [0.1, 0.15) is 29.2 Å². The zero-order valence-electron chi connectivity index (χ0n) is 19.2. The van der Waals surface area contributed by atoms with Gasteiger partial charge in [-0.1, -0.05) is 53.6 Å². The molecule has 1 saturated heterocycles. The predicted octanol–water partition coefficient (Wildman–Crippen LogP) is 7.00. The Balaban J connectivity index is 1.54. The van der Waals surface area contributed by atoms with Crippen LogP contribution in [0.5, 0.6) is 11.5 Å². The Morgan fingerprint density at radius 1 is 1.00 bits per heavy atom. The fourth-order valence-corrected chi connectivity index (χ4v) is 4.59. The van der Waals surface area contributed by atoms with Crippen molar-refractivity contribution in [3.05, 3.63) is 98.7 Å². The van der Waals surface area contributed by atoms with E-state index in [4.69, 9.17) is 21.1 Å². The molecule has 2 amide bonds. The van der Waals surface area contributed by atoms with Crippen LogP contribution < -0.4 is 9.47 Å². The lowest BCUT2D eigenvalue weighted by molar-refractivity contribution is -0.123. The van der Waals surface area contributed by atoms with Crippen LogP contribution in [0.15, 0.2) is 65.6 Å². The van der Waals surface area contributed by atoms with Crippen LogP contribution >= 0.6 is 23.4 Å². The number of benzene rings is 3. The molecule has 3 aromatic carbocycles. The number of hydrogen-bond donors (Lipinski definition) is 0. The topological polar surface area (TPSA) is 55.8 Å². The highest BCUT2D eigenvalue weighted by molar-refractivity contribution is 8.18. The van der Waals surface area contributed by atoms with Gasteiger partial charge in [-0.15, -0.1) is 0 Å². The van der Waals surface area contributed by atoms with Gasteiger partial charge in [0.2, 0.25) is 0 Å². The van der Waals surface area contributed by atoms with Crippen LogP contribution in [0.3, 0.4) is 0 Å². The van der Waals surface area contributed by atoms with Crippen molar-refractivity contribution in [2.24, 2.45) is 0 Å². The molecule has 0 aliphatic carbocycles. The van der Waals surface area contributed by atoms with Gasteiger partial charge < -0.3 is 9.47 Å². The van der Waals surface area contributed by atoms with E-state index in [0.29, 0.717) is 33.6 Å². The maximum Gasteiger partial charge on any atom is 0.293 e. The molecule has 180 valence electrons. The molecular weight excluding hydrogens is 489 g/mol. The van der Waals surface area contributed by atoms with Crippen LogP contribution in [-0.2, 0) is 17.9 Å². The van der Waals surface area contributed by atoms with Crippen molar-refractivity contribution in [3.63, 3.8) is 0 Å². The third-order valence-electron chi connectivity index (χ3n) is 5.26. The fraction of sp³-hybridized carbons (Fsp3) is 0.185. The highest BCUT2D eigenvalue weighted by Gasteiger charge is 2.35. The van der Waals surface area contributed by atoms with Gasteiger partial charge in [-0.2, -0.15) is 0 Å². The summed E-state index contributed by atoms with van der Waals surface area (Å²) in [6.07, 6.45) is 1.62. The van der Waals surface area contributed by atoms with Gasteiger partial charge in [-0.05, 0) is 72.6 Å². The largest absolute Gasteiger partial charge is 0.490 e. The lowest BCUT2D eigenvalue weighted by Crippen LogP contribution is -2.27. The summed E-state index contributed by atoms with van der Waals surface area (Å²) < 4.78 is 24.7. The number of amides is 2. The molecule has 0 unspecified atom stereocenters. The van der Waals surface area contributed by atoms with Crippen molar-refractivity contribution in [2.75, 3.05) is 6.61 Å². The summed E-state index contributed by atoms with van der Waals surface area (Å²) in [5.41, 5.74) is 3.36. The van der Waals surface area contributed by atoms with E-state index in [-0.39, 0.29) is 30.1 Å². The molecule has 1 aliphatic rings. The van der Waals surface area contributed by atoms with E-state index in [1.165, 1.54) is 17.0 Å². The van der Waals surface area contributed by atoms with Crippen molar-refractivity contribution in [3.8, 4) is 11.5 Å². The van der Waals surface area contributed by atoms with E-state index >= 15 is 0 Å². The van der Waals surface area contributed by atoms with Gasteiger partial charge in [0.25, 0.3) is 11.1 Å². The first-order valence-corrected chi connectivity index (χ1v) is 12.2. The Bertz CT molecular complexity index is 1280. The first-order chi connectivity index (χ1) is 16.8. The van der Waals surface area contributed by atoms with Crippen molar-refractivity contribution in [2.45, 2.75) is 27.0 Å². The number of rotatable bonds is 8. The van der Waals surface area contributed by atoms with E-state index in [1.807, 2.05) is 38.1 Å². The van der Waals surface area contributed by atoms with Gasteiger partial charge in [-0.25, -0.2) is 4.39 Å². The normalized spacial score (nSPS) is 14.6. The van der Waals surface area contributed by atoms with E-state index in [1.54, 1.807) is 30.3 Å². The Labute approximate surface area is 212 Å². The molecule has 0 aromatic heterocycles. The quantitative estimate of drug-likeness (QED) is 0.305. The number of aryl methyl sites for hydroxylation is 1. The van der Waals surface area contributed by atoms with Gasteiger partial charge in [0.15, 0.2) is 11.5 Å². The number of carbonyl (C=O) groups excluding carboxylic acids is 2. The SMILES string of the molecule is CCOc1cc(/C=C2\SC(=O)N(Cc3ccc(C)cc3)C2=O)cc(Cl)c1OCc1ccc(F)cc1. The molecule has 35 heavy (non-hydrogen) atoms. The van der Waals surface area contributed by atoms with E-state index in [2.05, 4.69) is 0 Å². The summed E-state index contributed by atoms with van der Waals surface area (Å²) in [5.74, 6) is 0.0791. The highest BCUT2D eigenvalue weighted by atomic mass is 35.5. The van der Waals surface area contributed by atoms with E-state index < -0.39 is 0 Å². The van der Waals surface area contributed by atoms with Crippen LogP contribution in [0.25, 0.3) is 6.08 Å². The molecule has 0 N–H and O–H groups in total. The zero-order chi connectivity index (χ0) is 24.9. The maximum atomic E-state index is 13.2. The third kappa shape index (κ3) is 6.05. The number of ether oxygens (including phenoxy) is 2. The van der Waals surface area contributed by atoms with Crippen LogP contribution in [0.2, 0.25) is 5.02 Å². The molecule has 1 aliphatic heterocycles. The van der Waals surface area contributed by atoms with Gasteiger partial charge in [-0.3, -0.25) is 14.5 Å². The summed E-state index contributed by atoms with van der Waals surface area (Å²) >= 11 is 7.39. The van der Waals surface area contributed by atoms with E-state index in [0.717, 1.165) is 28.5 Å². The minimum Gasteiger partial charge on any atom is -0.490 e. The molecule has 1 heterocycles. The average Bonchev–Trinajstić information content (AvgIpc) is 3.08. The summed E-state index contributed by atoms with van der Waals surface area (Å²) in [7, 11) is 0. The fourth-order valence-electron chi connectivity index (χ4n) is 3.47. The molecule has 4 rings (SSSR count). The van der Waals surface area contributed by atoms with Crippen molar-refractivity contribution in [1.29, 1.82) is 0 Å². The first kappa shape index (κ1) is 24.8. The molecule has 0 bridgehead atoms. The third-order valence-corrected chi connectivity index (χ3v) is 6.45. The Hall–Kier alpha value is -3.29. The zero-order valence-corrected chi connectivity index (χ0v) is 20.8. The Kier molecular flexibility index (Phi) is 7.78. The lowest BCUT2D eigenvalue weighted by Gasteiger charge is -2.15. The van der Waals surface area contributed by atoms with Gasteiger partial charge in [0.05, 0.1) is 23.1 Å². The molecule has 0 atom stereocenters. The second kappa shape index (κ2) is 11.0. The average molecular weight is 512 g/mol. The van der Waals surface area contributed by atoms with Gasteiger partial charge in [0, 0.05) is 0 Å². The molecule has 0 spiro atoms. The van der Waals surface area contributed by atoms with Gasteiger partial charge in [0.1, 0.15) is 12.4 Å². The van der Waals surface area contributed by atoms with E-state index in [9.17, 15) is 14.0 Å². The highest BCUT2D eigenvalue weighted by Crippen LogP contribution is 2.39. The molecule has 0 radical (unpaired) electrons. The molecule has 1 fully saturated rings. The summed E-state index contributed by atoms with van der Waals surface area (Å²) in [6, 6.07) is 17.0. The predicted molar refractivity (Wildman–Crippen MR) is 136 cm³/mol. The molecule has 5 nitrogen and oxygen atoms in total. The lowest BCUT2D eigenvalue weighted by atomic mass is 10.1. The number of imide groups is 1. The number of nitrogens with zero attached hydrogens (tertiary/aromatic N) is 1. The van der Waals surface area contributed by atoms with Crippen molar-refractivity contribution in [1.82, 2.24) is 4.90 Å². The number of thioether (sulfide) groups is 1. The molecule has 3 aromatic rings. The number of carbonyl (C=O) groups is 2. The number of hydrogen-bond acceptors (Lipinski definition) is 5. The second-order valence-corrected chi connectivity index (χ2v) is 9.33. The molecule has 8 heteroatoms. The Morgan fingerprint density at radius 3 is 2.37 bits per heavy atom. The minimum atomic E-state index is -0.355. The monoisotopic (exact) mass is 511 g/mol. The van der Waals surface area contributed by atoms with Crippen molar-refractivity contribution < 1.29 is 23.5 Å². The molecule has 0 saturated carbocycles. The first-order valence-electron chi connectivity index (χ1n) is 11.0. The standard InChI is InChI=1S/C27H23ClFNO4S/c1-3-33-23-13-20(12-22(28)25(23)34-16-19-8-10-21(29)11-9-19)14-24-26(31)30(27(32)35-24)15-18-6-4-17(2)5-7-18/h4-14H,3,15-16H2,1-2H3/b24-14-. The van der Waals surface area contributed by atoms with Crippen LogP contribution in [0, 0.1) is 12.7 Å². The number of halogens is 2. The smallest absolute Gasteiger partial charge is 0.293 e. The van der Waals surface area contributed by atoms with Crippen LogP contribution in [-0.4, -0.2) is 22.7 Å². The van der Waals surface area contributed by atoms with Crippen LogP contribution in [0.4, 0.5) is 9.18 Å². The Morgan fingerprint density at radius 2 is 1.69 bits per heavy atom. The molecular formula is C27H23ClFNO4S. The maximum absolute atomic E-state index is 13.2. The summed E-state index contributed by atoms with van der Waals surface area (Å²) in [6.45, 7) is 4.58. The minimum absolute atomic E-state index is 0.178. The van der Waals surface area contributed by atoms with Gasteiger partial charge >= 0.3 is 0 Å². The summed E-state index contributed by atoms with van der Waals surface area (Å²) in [4.78, 5) is 27.0. The second-order valence-electron chi connectivity index (χ2n) is 7.93.